The zero-order valence-electron chi connectivity index (χ0n) is 17.5. The van der Waals surface area contributed by atoms with Gasteiger partial charge in [-0.05, 0) is 56.2 Å². The number of benzene rings is 2. The molecule has 9 heteroatoms. The molecule has 1 amide bonds. The Hall–Kier alpha value is -2.49. The first-order chi connectivity index (χ1) is 14.9. The van der Waals surface area contributed by atoms with Crippen LogP contribution in [0.3, 0.4) is 0 Å². The van der Waals surface area contributed by atoms with Crippen molar-refractivity contribution in [1.82, 2.24) is 8.87 Å². The summed E-state index contributed by atoms with van der Waals surface area (Å²) in [5.74, 6) is 0.170. The lowest BCUT2D eigenvalue weighted by Crippen LogP contribution is -2.40. The highest BCUT2D eigenvalue weighted by Crippen LogP contribution is 2.26. The first kappa shape index (κ1) is 21.7. The molecule has 3 aromatic rings. The molecule has 2 aromatic carbocycles. The predicted molar refractivity (Wildman–Crippen MR) is 121 cm³/mol. The third kappa shape index (κ3) is 4.30. The number of hydrogen-bond acceptors (Lipinski definition) is 5. The summed E-state index contributed by atoms with van der Waals surface area (Å²) in [5, 5.41) is 0. The van der Waals surface area contributed by atoms with E-state index in [1.807, 2.05) is 35.8 Å². The molecule has 1 aliphatic rings. The van der Waals surface area contributed by atoms with E-state index in [1.54, 1.807) is 24.3 Å². The number of rotatable bonds is 5. The number of fused-ring (bicyclic) bond motifs is 1. The van der Waals surface area contributed by atoms with Crippen LogP contribution in [-0.4, -0.2) is 43.4 Å². The van der Waals surface area contributed by atoms with Gasteiger partial charge in [0.25, 0.3) is 5.91 Å². The van der Waals surface area contributed by atoms with E-state index in [-0.39, 0.29) is 16.7 Å². The van der Waals surface area contributed by atoms with Gasteiger partial charge < -0.3 is 9.30 Å². The van der Waals surface area contributed by atoms with E-state index in [2.05, 4.69) is 4.99 Å². The van der Waals surface area contributed by atoms with Crippen LogP contribution in [0.1, 0.15) is 19.8 Å². The Bertz CT molecular complexity index is 1250. The molecule has 0 saturated carbocycles. The summed E-state index contributed by atoms with van der Waals surface area (Å²) < 4.78 is 35.5. The Morgan fingerprint density at radius 2 is 1.81 bits per heavy atom. The summed E-state index contributed by atoms with van der Waals surface area (Å²) in [6.07, 6.45) is 0.934. The minimum atomic E-state index is -3.59. The van der Waals surface area contributed by atoms with Gasteiger partial charge in [0.1, 0.15) is 5.75 Å². The molecule has 0 unspecified atom stereocenters. The van der Waals surface area contributed by atoms with Gasteiger partial charge in [0.2, 0.25) is 10.0 Å². The minimum Gasteiger partial charge on any atom is -0.497 e. The highest BCUT2D eigenvalue weighted by molar-refractivity contribution is 7.89. The summed E-state index contributed by atoms with van der Waals surface area (Å²) in [7, 11) is -2.05. The standard InChI is InChI=1S/C22H25N3O4S2/c1-3-25-19-6-4-5-7-20(19)30-22(25)23-21(26)16-12-14-24(15-13-16)31(27,28)18-10-8-17(29-2)9-11-18/h4-11,16H,3,12-15H2,1-2H3. The van der Waals surface area contributed by atoms with E-state index < -0.39 is 10.0 Å². The molecule has 2 heterocycles. The minimum absolute atomic E-state index is 0.171. The van der Waals surface area contributed by atoms with Gasteiger partial charge in [0.05, 0.1) is 22.2 Å². The number of aryl methyl sites for hydroxylation is 1. The SMILES string of the molecule is CCn1c(=NC(=O)C2CCN(S(=O)(=O)c3ccc(OC)cc3)CC2)sc2ccccc21. The average molecular weight is 460 g/mol. The molecule has 0 spiro atoms. The molecule has 7 nitrogen and oxygen atoms in total. The molecule has 1 aliphatic heterocycles. The molecule has 1 saturated heterocycles. The fourth-order valence-electron chi connectivity index (χ4n) is 3.84. The van der Waals surface area contributed by atoms with Crippen molar-refractivity contribution in [2.24, 2.45) is 10.9 Å². The number of thiazole rings is 1. The maximum Gasteiger partial charge on any atom is 0.251 e. The summed E-state index contributed by atoms with van der Waals surface area (Å²) in [6.45, 7) is 3.38. The topological polar surface area (TPSA) is 81.0 Å². The number of nitrogens with zero attached hydrogens (tertiary/aromatic N) is 3. The number of carbonyl (C=O) groups excluding carboxylic acids is 1. The van der Waals surface area contributed by atoms with Crippen LogP contribution in [0.5, 0.6) is 5.75 Å². The van der Waals surface area contributed by atoms with Gasteiger partial charge in [-0.3, -0.25) is 4.79 Å². The van der Waals surface area contributed by atoms with Gasteiger partial charge >= 0.3 is 0 Å². The third-order valence-corrected chi connectivity index (χ3v) is 8.58. The van der Waals surface area contributed by atoms with Crippen LogP contribution in [-0.2, 0) is 21.4 Å². The van der Waals surface area contributed by atoms with E-state index in [1.165, 1.54) is 22.8 Å². The van der Waals surface area contributed by atoms with Crippen LogP contribution in [0.2, 0.25) is 0 Å². The van der Waals surface area contributed by atoms with Gasteiger partial charge in [-0.1, -0.05) is 23.5 Å². The molecule has 164 valence electrons. The molecule has 0 atom stereocenters. The number of piperidine rings is 1. The molecule has 31 heavy (non-hydrogen) atoms. The van der Waals surface area contributed by atoms with E-state index in [9.17, 15) is 13.2 Å². The summed E-state index contributed by atoms with van der Waals surface area (Å²) >= 11 is 1.50. The van der Waals surface area contributed by atoms with E-state index in [0.29, 0.717) is 36.5 Å². The van der Waals surface area contributed by atoms with Crippen LogP contribution in [0.4, 0.5) is 0 Å². The van der Waals surface area contributed by atoms with Crippen molar-refractivity contribution in [2.75, 3.05) is 20.2 Å². The Morgan fingerprint density at radius 3 is 2.45 bits per heavy atom. The fraction of sp³-hybridized carbons (Fsp3) is 0.364. The molecule has 4 rings (SSSR count). The van der Waals surface area contributed by atoms with E-state index in [4.69, 9.17) is 4.74 Å². The molecule has 0 bridgehead atoms. The maximum absolute atomic E-state index is 12.9. The van der Waals surface area contributed by atoms with Crippen molar-refractivity contribution in [3.05, 3.63) is 53.3 Å². The first-order valence-electron chi connectivity index (χ1n) is 10.2. The van der Waals surface area contributed by atoms with Gasteiger partial charge in [-0.25, -0.2) is 8.42 Å². The smallest absolute Gasteiger partial charge is 0.251 e. The Labute approximate surface area is 185 Å². The lowest BCUT2D eigenvalue weighted by molar-refractivity contribution is -0.122. The predicted octanol–water partition coefficient (Wildman–Crippen LogP) is 3.26. The summed E-state index contributed by atoms with van der Waals surface area (Å²) in [6, 6.07) is 14.4. The van der Waals surface area contributed by atoms with Gasteiger partial charge in [0.15, 0.2) is 4.80 Å². The van der Waals surface area contributed by atoms with Crippen LogP contribution >= 0.6 is 11.3 Å². The Kier molecular flexibility index (Phi) is 6.27. The lowest BCUT2D eigenvalue weighted by atomic mass is 9.98. The molecule has 0 radical (unpaired) electrons. The molecular weight excluding hydrogens is 434 g/mol. The lowest BCUT2D eigenvalue weighted by Gasteiger charge is -2.29. The van der Waals surface area contributed by atoms with Crippen LogP contribution < -0.4 is 9.54 Å². The molecule has 1 fully saturated rings. The summed E-state index contributed by atoms with van der Waals surface area (Å²) in [5.41, 5.74) is 1.07. The molecular formula is C22H25N3O4S2. The second kappa shape index (κ2) is 8.94. The number of methoxy groups -OCH3 is 1. The normalized spacial score (nSPS) is 16.6. The average Bonchev–Trinajstić information content (AvgIpc) is 3.16. The number of sulfonamides is 1. The van der Waals surface area contributed by atoms with Crippen LogP contribution in [0.25, 0.3) is 10.2 Å². The monoisotopic (exact) mass is 459 g/mol. The van der Waals surface area contributed by atoms with Crippen molar-refractivity contribution < 1.29 is 17.9 Å². The number of ether oxygens (including phenoxy) is 1. The van der Waals surface area contributed by atoms with Crippen molar-refractivity contribution in [2.45, 2.75) is 31.2 Å². The zero-order chi connectivity index (χ0) is 22.0. The Balaban J connectivity index is 1.48. The number of hydrogen-bond donors (Lipinski definition) is 0. The fourth-order valence-corrected chi connectivity index (χ4v) is 6.41. The second-order valence-corrected chi connectivity index (χ2v) is 10.3. The third-order valence-electron chi connectivity index (χ3n) is 5.61. The number of carbonyl (C=O) groups is 1. The van der Waals surface area contributed by atoms with E-state index in [0.717, 1.165) is 16.8 Å². The number of amides is 1. The second-order valence-electron chi connectivity index (χ2n) is 7.40. The van der Waals surface area contributed by atoms with Gasteiger partial charge in [-0.2, -0.15) is 9.30 Å². The molecule has 0 aliphatic carbocycles. The maximum atomic E-state index is 12.9. The molecule has 1 aromatic heterocycles. The zero-order valence-corrected chi connectivity index (χ0v) is 19.2. The van der Waals surface area contributed by atoms with E-state index >= 15 is 0 Å². The quantitative estimate of drug-likeness (QED) is 0.587. The highest BCUT2D eigenvalue weighted by atomic mass is 32.2. The van der Waals surface area contributed by atoms with Gasteiger partial charge in [-0.15, -0.1) is 0 Å². The molecule has 0 N–H and O–H groups in total. The Morgan fingerprint density at radius 1 is 1.13 bits per heavy atom. The largest absolute Gasteiger partial charge is 0.497 e. The van der Waals surface area contributed by atoms with Crippen molar-refractivity contribution in [3.63, 3.8) is 0 Å². The summed E-state index contributed by atoms with van der Waals surface area (Å²) in [4.78, 5) is 18.2. The number of para-hydroxylation sites is 1. The van der Waals surface area contributed by atoms with Crippen molar-refractivity contribution >= 4 is 37.5 Å². The van der Waals surface area contributed by atoms with Crippen LogP contribution in [0.15, 0.2) is 58.4 Å². The van der Waals surface area contributed by atoms with Crippen molar-refractivity contribution in [1.29, 1.82) is 0 Å². The number of aromatic nitrogens is 1. The van der Waals surface area contributed by atoms with Gasteiger partial charge in [0, 0.05) is 25.6 Å². The van der Waals surface area contributed by atoms with Crippen molar-refractivity contribution in [3.8, 4) is 5.75 Å². The highest BCUT2D eigenvalue weighted by Gasteiger charge is 2.32. The van der Waals surface area contributed by atoms with Crippen LogP contribution in [0, 0.1) is 5.92 Å². The first-order valence-corrected chi connectivity index (χ1v) is 12.5.